The molecule has 0 aromatic heterocycles. The maximum atomic E-state index is 12.6. The fourth-order valence-electron chi connectivity index (χ4n) is 2.55. The summed E-state index contributed by atoms with van der Waals surface area (Å²) in [4.78, 5) is 29.9. The second-order valence-electron chi connectivity index (χ2n) is 5.67. The van der Waals surface area contributed by atoms with Crippen LogP contribution in [-0.4, -0.2) is 32.3 Å². The molecule has 0 bridgehead atoms. The molecule has 1 atom stereocenters. The first-order valence-corrected chi connectivity index (χ1v) is 8.90. The van der Waals surface area contributed by atoms with Gasteiger partial charge in [-0.15, -0.1) is 0 Å². The molecule has 6 heteroatoms. The number of hydrogen-bond acceptors (Lipinski definition) is 4. The lowest BCUT2D eigenvalue weighted by atomic mass is 10.2. The number of benzene rings is 2. The Hall–Kier alpha value is -2.60. The van der Waals surface area contributed by atoms with Crippen molar-refractivity contribution in [2.75, 3.05) is 0 Å². The summed E-state index contributed by atoms with van der Waals surface area (Å²) in [5.74, 6) is -0.904. The number of amidine groups is 1. The summed E-state index contributed by atoms with van der Waals surface area (Å²) in [5.41, 5.74) is 1.89. The van der Waals surface area contributed by atoms with E-state index < -0.39 is 5.97 Å². The number of thioether (sulfide) groups is 1. The Morgan fingerprint density at radius 1 is 1.16 bits per heavy atom. The number of carbonyl (C=O) groups is 2. The quantitative estimate of drug-likeness (QED) is 0.883. The number of rotatable bonds is 5. The van der Waals surface area contributed by atoms with Gasteiger partial charge in [-0.3, -0.25) is 9.69 Å². The summed E-state index contributed by atoms with van der Waals surface area (Å²) in [6, 6.07) is 16.1. The summed E-state index contributed by atoms with van der Waals surface area (Å²) < 4.78 is 0. The van der Waals surface area contributed by atoms with Gasteiger partial charge >= 0.3 is 5.97 Å². The summed E-state index contributed by atoms with van der Waals surface area (Å²) in [5, 5.41) is 9.51. The maximum absolute atomic E-state index is 12.6. The lowest BCUT2D eigenvalue weighted by molar-refractivity contribution is -0.126. The number of carboxylic acid groups (broad SMARTS) is 1. The molecule has 1 aliphatic heterocycles. The molecule has 25 heavy (non-hydrogen) atoms. The molecular formula is C19H18N2O3S. The molecule has 1 aliphatic rings. The van der Waals surface area contributed by atoms with E-state index in [9.17, 15) is 9.59 Å². The van der Waals surface area contributed by atoms with E-state index in [1.54, 1.807) is 17.0 Å². The third kappa shape index (κ3) is 3.91. The van der Waals surface area contributed by atoms with E-state index in [0.717, 1.165) is 12.0 Å². The van der Waals surface area contributed by atoms with Crippen molar-refractivity contribution in [3.8, 4) is 0 Å². The Kier molecular flexibility index (Phi) is 5.19. The summed E-state index contributed by atoms with van der Waals surface area (Å²) >= 11 is 1.46. The fraction of sp³-hybridized carbons (Fsp3) is 0.211. The average molecular weight is 354 g/mol. The Morgan fingerprint density at radius 2 is 1.84 bits per heavy atom. The number of carboxylic acids is 1. The van der Waals surface area contributed by atoms with Crippen LogP contribution in [0.2, 0.25) is 0 Å². The van der Waals surface area contributed by atoms with Crippen LogP contribution >= 0.6 is 11.8 Å². The highest BCUT2D eigenvalue weighted by Crippen LogP contribution is 2.32. The van der Waals surface area contributed by atoms with E-state index in [4.69, 9.17) is 5.11 Å². The average Bonchev–Trinajstić information content (AvgIpc) is 2.92. The van der Waals surface area contributed by atoms with Gasteiger partial charge in [-0.2, -0.15) is 0 Å². The zero-order chi connectivity index (χ0) is 17.8. The van der Waals surface area contributed by atoms with Crippen molar-refractivity contribution in [1.82, 2.24) is 4.90 Å². The third-order valence-corrected chi connectivity index (χ3v) is 5.26. The van der Waals surface area contributed by atoms with Crippen LogP contribution in [0.3, 0.4) is 0 Å². The normalized spacial score (nSPS) is 18.8. The highest BCUT2D eigenvalue weighted by atomic mass is 32.2. The molecule has 3 rings (SSSR count). The molecule has 1 fully saturated rings. The van der Waals surface area contributed by atoms with Crippen molar-refractivity contribution in [1.29, 1.82) is 0 Å². The molecule has 0 saturated carbocycles. The van der Waals surface area contributed by atoms with Crippen LogP contribution in [0, 0.1) is 0 Å². The van der Waals surface area contributed by atoms with Crippen LogP contribution in [0.25, 0.3) is 0 Å². The van der Waals surface area contributed by atoms with Crippen LogP contribution in [0.1, 0.15) is 29.3 Å². The Morgan fingerprint density at radius 3 is 2.44 bits per heavy atom. The molecule has 128 valence electrons. The minimum absolute atomic E-state index is 0.0669. The van der Waals surface area contributed by atoms with Crippen LogP contribution in [0.5, 0.6) is 0 Å². The van der Waals surface area contributed by atoms with Gasteiger partial charge in [0, 0.05) is 0 Å². The molecule has 1 N–H and O–H groups in total. The van der Waals surface area contributed by atoms with E-state index in [0.29, 0.717) is 17.4 Å². The Labute approximate surface area is 150 Å². The lowest BCUT2D eigenvalue weighted by Gasteiger charge is -2.16. The van der Waals surface area contributed by atoms with Gasteiger partial charge in [0.15, 0.2) is 5.17 Å². The predicted molar refractivity (Wildman–Crippen MR) is 99.2 cm³/mol. The topological polar surface area (TPSA) is 70.0 Å². The zero-order valence-electron chi connectivity index (χ0n) is 13.8. The Bertz CT molecular complexity index is 803. The van der Waals surface area contributed by atoms with Crippen LogP contribution < -0.4 is 0 Å². The smallest absolute Gasteiger partial charge is 0.335 e. The van der Waals surface area contributed by atoms with Crippen molar-refractivity contribution in [3.05, 3.63) is 65.7 Å². The summed E-state index contributed by atoms with van der Waals surface area (Å²) in [7, 11) is 0. The van der Waals surface area contributed by atoms with Crippen molar-refractivity contribution in [2.45, 2.75) is 25.1 Å². The number of aliphatic imine (C=N–C) groups is 1. The van der Waals surface area contributed by atoms with Gasteiger partial charge in [-0.1, -0.05) is 49.0 Å². The highest BCUT2D eigenvalue weighted by molar-refractivity contribution is 8.15. The molecule has 1 unspecified atom stereocenters. The predicted octanol–water partition coefficient (Wildman–Crippen LogP) is 3.93. The SMILES string of the molecule is CCC1SC(=Nc2ccc(C(=O)O)cc2)N(Cc2ccccc2)C1=O. The first kappa shape index (κ1) is 17.2. The van der Waals surface area contributed by atoms with Crippen LogP contribution in [0.4, 0.5) is 5.69 Å². The van der Waals surface area contributed by atoms with Crippen molar-refractivity contribution >= 4 is 34.5 Å². The number of carbonyl (C=O) groups excluding carboxylic acids is 1. The van der Waals surface area contributed by atoms with Gasteiger partial charge in [-0.25, -0.2) is 9.79 Å². The van der Waals surface area contributed by atoms with Crippen LogP contribution in [0.15, 0.2) is 59.6 Å². The molecule has 1 heterocycles. The van der Waals surface area contributed by atoms with Crippen molar-refractivity contribution in [3.63, 3.8) is 0 Å². The molecule has 1 saturated heterocycles. The van der Waals surface area contributed by atoms with E-state index >= 15 is 0 Å². The van der Waals surface area contributed by atoms with Gasteiger partial charge in [0.25, 0.3) is 0 Å². The zero-order valence-corrected chi connectivity index (χ0v) is 14.6. The standard InChI is InChI=1S/C19H18N2O3S/c1-2-16-17(22)21(12-13-6-4-3-5-7-13)19(25-16)20-15-10-8-14(9-11-15)18(23)24/h3-11,16H,2,12H2,1H3,(H,23,24). The number of nitrogens with zero attached hydrogens (tertiary/aromatic N) is 2. The second kappa shape index (κ2) is 7.53. The fourth-order valence-corrected chi connectivity index (χ4v) is 3.64. The van der Waals surface area contributed by atoms with E-state index in [2.05, 4.69) is 4.99 Å². The van der Waals surface area contributed by atoms with Gasteiger partial charge in [0.2, 0.25) is 5.91 Å². The van der Waals surface area contributed by atoms with E-state index in [1.807, 2.05) is 37.3 Å². The third-order valence-electron chi connectivity index (χ3n) is 3.91. The van der Waals surface area contributed by atoms with Gasteiger partial charge < -0.3 is 5.11 Å². The lowest BCUT2D eigenvalue weighted by Crippen LogP contribution is -2.31. The molecule has 1 amide bonds. The van der Waals surface area contributed by atoms with E-state index in [-0.39, 0.29) is 16.7 Å². The molecule has 5 nitrogen and oxygen atoms in total. The first-order chi connectivity index (χ1) is 12.1. The van der Waals surface area contributed by atoms with Crippen molar-refractivity contribution < 1.29 is 14.7 Å². The molecule has 2 aromatic carbocycles. The molecule has 2 aromatic rings. The molecule has 0 radical (unpaired) electrons. The molecule has 0 aliphatic carbocycles. The number of aromatic carboxylic acids is 1. The van der Waals surface area contributed by atoms with E-state index in [1.165, 1.54) is 23.9 Å². The summed E-state index contributed by atoms with van der Waals surface area (Å²) in [6.45, 7) is 2.47. The maximum Gasteiger partial charge on any atom is 0.335 e. The summed E-state index contributed by atoms with van der Waals surface area (Å²) in [6.07, 6.45) is 0.742. The minimum Gasteiger partial charge on any atom is -0.478 e. The Balaban J connectivity index is 1.88. The first-order valence-electron chi connectivity index (χ1n) is 8.02. The number of hydrogen-bond donors (Lipinski definition) is 1. The molecular weight excluding hydrogens is 336 g/mol. The van der Waals surface area contributed by atoms with Gasteiger partial charge in [-0.05, 0) is 36.2 Å². The highest BCUT2D eigenvalue weighted by Gasteiger charge is 2.36. The number of amides is 1. The minimum atomic E-state index is -0.971. The largest absolute Gasteiger partial charge is 0.478 e. The van der Waals surface area contributed by atoms with Gasteiger partial charge in [0.05, 0.1) is 23.0 Å². The van der Waals surface area contributed by atoms with Crippen molar-refractivity contribution in [2.24, 2.45) is 4.99 Å². The second-order valence-corrected chi connectivity index (χ2v) is 6.84. The molecule has 0 spiro atoms. The monoisotopic (exact) mass is 354 g/mol. The van der Waals surface area contributed by atoms with Gasteiger partial charge in [0.1, 0.15) is 0 Å². The van der Waals surface area contributed by atoms with Crippen LogP contribution in [-0.2, 0) is 11.3 Å².